The number of hydrogen-bond donors (Lipinski definition) is 1. The highest BCUT2D eigenvalue weighted by molar-refractivity contribution is 7.89. The normalized spacial score (nSPS) is 11.5. The fourth-order valence-corrected chi connectivity index (χ4v) is 2.99. The standard InChI is InChI=1S/C16H14N2O3S/c19-22(20,16-2-1-8-17-11-16)18-10-13-3-5-14(6-4-13)15-7-9-21-12-15/h1-9,11-12,18H,10H2. The van der Waals surface area contributed by atoms with Crippen LogP contribution in [0.1, 0.15) is 5.56 Å². The number of furan rings is 1. The monoisotopic (exact) mass is 314 g/mol. The summed E-state index contributed by atoms with van der Waals surface area (Å²) < 4.78 is 31.8. The number of hydrogen-bond acceptors (Lipinski definition) is 4. The van der Waals surface area contributed by atoms with Crippen LogP contribution in [0.25, 0.3) is 11.1 Å². The first-order valence-corrected chi connectivity index (χ1v) is 8.15. The summed E-state index contributed by atoms with van der Waals surface area (Å²) in [6.45, 7) is 0.225. The topological polar surface area (TPSA) is 72.2 Å². The minimum Gasteiger partial charge on any atom is -0.472 e. The highest BCUT2D eigenvalue weighted by Gasteiger charge is 2.13. The lowest BCUT2D eigenvalue weighted by molar-refractivity contribution is 0.568. The summed E-state index contributed by atoms with van der Waals surface area (Å²) in [5, 5.41) is 0. The second-order valence-electron chi connectivity index (χ2n) is 4.72. The lowest BCUT2D eigenvalue weighted by Crippen LogP contribution is -2.23. The van der Waals surface area contributed by atoms with Crippen molar-refractivity contribution in [1.82, 2.24) is 9.71 Å². The van der Waals surface area contributed by atoms with Gasteiger partial charge < -0.3 is 4.42 Å². The minimum atomic E-state index is -3.54. The SMILES string of the molecule is O=S(=O)(NCc1ccc(-c2ccoc2)cc1)c1cccnc1. The van der Waals surface area contributed by atoms with Gasteiger partial charge in [-0.1, -0.05) is 24.3 Å². The van der Waals surface area contributed by atoms with Crippen LogP contribution in [0.5, 0.6) is 0 Å². The van der Waals surface area contributed by atoms with Crippen LogP contribution in [-0.4, -0.2) is 13.4 Å². The van der Waals surface area contributed by atoms with Crippen LogP contribution in [-0.2, 0) is 16.6 Å². The first-order chi connectivity index (χ1) is 10.6. The molecule has 3 rings (SSSR count). The van der Waals surface area contributed by atoms with E-state index in [1.54, 1.807) is 18.6 Å². The Morgan fingerprint density at radius 1 is 1.05 bits per heavy atom. The zero-order valence-corrected chi connectivity index (χ0v) is 12.5. The molecule has 0 fully saturated rings. The smallest absolute Gasteiger partial charge is 0.242 e. The molecule has 0 aliphatic rings. The minimum absolute atomic E-state index is 0.157. The number of nitrogens with one attached hydrogen (secondary N) is 1. The van der Waals surface area contributed by atoms with Gasteiger partial charge in [0.05, 0.1) is 12.5 Å². The predicted octanol–water partition coefficient (Wildman–Crippen LogP) is 2.82. The molecule has 0 saturated carbocycles. The van der Waals surface area contributed by atoms with Crippen LogP contribution in [0.15, 0.2) is 76.7 Å². The Bertz CT molecular complexity index is 827. The number of pyridine rings is 1. The van der Waals surface area contributed by atoms with Gasteiger partial charge in [-0.2, -0.15) is 0 Å². The second-order valence-corrected chi connectivity index (χ2v) is 6.49. The number of aromatic nitrogens is 1. The maximum absolute atomic E-state index is 12.1. The fraction of sp³-hybridized carbons (Fsp3) is 0.0625. The van der Waals surface area contributed by atoms with Gasteiger partial charge >= 0.3 is 0 Å². The van der Waals surface area contributed by atoms with E-state index in [0.29, 0.717) is 0 Å². The van der Waals surface area contributed by atoms with Crippen LogP contribution >= 0.6 is 0 Å². The quantitative estimate of drug-likeness (QED) is 0.786. The van der Waals surface area contributed by atoms with E-state index in [9.17, 15) is 8.42 Å². The maximum Gasteiger partial charge on any atom is 0.242 e. The van der Waals surface area contributed by atoms with Gasteiger partial charge in [-0.25, -0.2) is 13.1 Å². The van der Waals surface area contributed by atoms with E-state index >= 15 is 0 Å². The molecular weight excluding hydrogens is 300 g/mol. The molecular formula is C16H14N2O3S. The lowest BCUT2D eigenvalue weighted by Gasteiger charge is -2.07. The molecule has 0 bridgehead atoms. The molecule has 2 aromatic heterocycles. The van der Waals surface area contributed by atoms with Gasteiger partial charge in [0.15, 0.2) is 0 Å². The summed E-state index contributed by atoms with van der Waals surface area (Å²) in [4.78, 5) is 3.98. The molecule has 0 unspecified atom stereocenters. The molecule has 1 aromatic carbocycles. The average molecular weight is 314 g/mol. The van der Waals surface area contributed by atoms with Crippen molar-refractivity contribution in [3.05, 3.63) is 72.9 Å². The molecule has 0 aliphatic heterocycles. The predicted molar refractivity (Wildman–Crippen MR) is 82.4 cm³/mol. The number of sulfonamides is 1. The van der Waals surface area contributed by atoms with E-state index < -0.39 is 10.0 Å². The first-order valence-electron chi connectivity index (χ1n) is 6.66. The third-order valence-electron chi connectivity index (χ3n) is 3.22. The van der Waals surface area contributed by atoms with E-state index in [0.717, 1.165) is 16.7 Å². The van der Waals surface area contributed by atoms with Gasteiger partial charge in [-0.3, -0.25) is 4.98 Å². The Morgan fingerprint density at radius 3 is 2.50 bits per heavy atom. The molecule has 0 atom stereocenters. The van der Waals surface area contributed by atoms with E-state index in [1.165, 1.54) is 18.5 Å². The Labute approximate surface area is 128 Å². The number of rotatable bonds is 5. The summed E-state index contributed by atoms with van der Waals surface area (Å²) in [5.74, 6) is 0. The third-order valence-corrected chi connectivity index (χ3v) is 4.61. The zero-order valence-electron chi connectivity index (χ0n) is 11.6. The molecule has 0 amide bonds. The van der Waals surface area contributed by atoms with Gasteiger partial charge in [0, 0.05) is 24.5 Å². The van der Waals surface area contributed by atoms with Gasteiger partial charge in [0.1, 0.15) is 4.90 Å². The van der Waals surface area contributed by atoms with Crippen molar-refractivity contribution < 1.29 is 12.8 Å². The molecule has 0 saturated heterocycles. The molecule has 22 heavy (non-hydrogen) atoms. The van der Waals surface area contributed by atoms with Crippen molar-refractivity contribution in [2.75, 3.05) is 0 Å². The molecule has 3 aromatic rings. The van der Waals surface area contributed by atoms with Crippen molar-refractivity contribution in [3.63, 3.8) is 0 Å². The third kappa shape index (κ3) is 3.24. The summed E-state index contributed by atoms with van der Waals surface area (Å²) >= 11 is 0. The average Bonchev–Trinajstić information content (AvgIpc) is 3.09. The van der Waals surface area contributed by atoms with E-state index in [4.69, 9.17) is 4.42 Å². The van der Waals surface area contributed by atoms with Gasteiger partial charge in [-0.15, -0.1) is 0 Å². The van der Waals surface area contributed by atoms with E-state index in [2.05, 4.69) is 9.71 Å². The molecule has 0 spiro atoms. The number of nitrogens with zero attached hydrogens (tertiary/aromatic N) is 1. The highest BCUT2D eigenvalue weighted by Crippen LogP contribution is 2.20. The largest absolute Gasteiger partial charge is 0.472 e. The molecule has 0 radical (unpaired) electrons. The summed E-state index contributed by atoms with van der Waals surface area (Å²) in [7, 11) is -3.54. The number of benzene rings is 1. The van der Waals surface area contributed by atoms with E-state index in [1.807, 2.05) is 30.3 Å². The van der Waals surface area contributed by atoms with Crippen molar-refractivity contribution >= 4 is 10.0 Å². The first kappa shape index (κ1) is 14.5. The molecule has 2 heterocycles. The lowest BCUT2D eigenvalue weighted by atomic mass is 10.1. The molecule has 6 heteroatoms. The highest BCUT2D eigenvalue weighted by atomic mass is 32.2. The van der Waals surface area contributed by atoms with Gasteiger partial charge in [0.25, 0.3) is 0 Å². The van der Waals surface area contributed by atoms with Gasteiger partial charge in [0.2, 0.25) is 10.0 Å². The summed E-state index contributed by atoms with van der Waals surface area (Å²) in [5.41, 5.74) is 2.88. The Kier molecular flexibility index (Phi) is 4.04. The zero-order chi connectivity index (χ0) is 15.4. The van der Waals surface area contributed by atoms with Crippen molar-refractivity contribution in [2.45, 2.75) is 11.4 Å². The molecule has 5 nitrogen and oxygen atoms in total. The molecule has 0 aliphatic carbocycles. The van der Waals surface area contributed by atoms with E-state index in [-0.39, 0.29) is 11.4 Å². The Morgan fingerprint density at radius 2 is 1.86 bits per heavy atom. The second kappa shape index (κ2) is 6.13. The van der Waals surface area contributed by atoms with Crippen molar-refractivity contribution in [2.24, 2.45) is 0 Å². The summed E-state index contributed by atoms with van der Waals surface area (Å²) in [6, 6.07) is 12.6. The molecule has 112 valence electrons. The molecule has 1 N–H and O–H groups in total. The fourth-order valence-electron chi connectivity index (χ4n) is 2.01. The van der Waals surface area contributed by atoms with Crippen LogP contribution < -0.4 is 4.72 Å². The van der Waals surface area contributed by atoms with Crippen LogP contribution in [0.2, 0.25) is 0 Å². The Balaban J connectivity index is 1.69. The van der Waals surface area contributed by atoms with Crippen molar-refractivity contribution in [3.8, 4) is 11.1 Å². The summed E-state index contributed by atoms with van der Waals surface area (Å²) in [6.07, 6.45) is 6.14. The maximum atomic E-state index is 12.1. The van der Waals surface area contributed by atoms with Crippen molar-refractivity contribution in [1.29, 1.82) is 0 Å². The van der Waals surface area contributed by atoms with Crippen LogP contribution in [0.4, 0.5) is 0 Å². The Hall–Kier alpha value is -2.44. The van der Waals surface area contributed by atoms with Crippen LogP contribution in [0, 0.1) is 0 Å². The van der Waals surface area contributed by atoms with Crippen LogP contribution in [0.3, 0.4) is 0 Å². The van der Waals surface area contributed by atoms with Gasteiger partial charge in [-0.05, 0) is 29.3 Å².